The predicted molar refractivity (Wildman–Crippen MR) is 69.4 cm³/mol. The topological polar surface area (TPSA) is 32.3 Å². The maximum absolute atomic E-state index is 12.0. The van der Waals surface area contributed by atoms with Gasteiger partial charge in [-0.1, -0.05) is 11.6 Å². The van der Waals surface area contributed by atoms with Gasteiger partial charge < -0.3 is 10.2 Å². The van der Waals surface area contributed by atoms with Crippen molar-refractivity contribution in [3.05, 3.63) is 34.9 Å². The fraction of sp³-hybridized carbons (Fsp3) is 0.462. The summed E-state index contributed by atoms with van der Waals surface area (Å²) in [5.74, 6) is -0.0129. The molecule has 0 bridgehead atoms. The quantitative estimate of drug-likeness (QED) is 0.891. The number of hydrogen-bond donors (Lipinski definition) is 1. The molecule has 4 heteroatoms. The molecular formula is C13H17ClN2O. The maximum atomic E-state index is 12.0. The molecule has 1 amide bonds. The highest BCUT2D eigenvalue weighted by Gasteiger charge is 2.44. The summed E-state index contributed by atoms with van der Waals surface area (Å²) in [7, 11) is 4.04. The summed E-state index contributed by atoms with van der Waals surface area (Å²) in [6, 6.07) is 6.98. The van der Waals surface area contributed by atoms with E-state index < -0.39 is 0 Å². The van der Waals surface area contributed by atoms with Gasteiger partial charge in [0.25, 0.3) is 5.91 Å². The van der Waals surface area contributed by atoms with Crippen LogP contribution in [-0.2, 0) is 0 Å². The van der Waals surface area contributed by atoms with Gasteiger partial charge in [0, 0.05) is 17.1 Å². The molecule has 0 aliphatic heterocycles. The molecule has 1 aliphatic carbocycles. The standard InChI is InChI=1S/C13H17ClN2O/c1-16(2)9-13(7-8-13)15-12(17)10-3-5-11(14)6-4-10/h3-6H,7-9H2,1-2H3,(H,15,17). The van der Waals surface area contributed by atoms with E-state index >= 15 is 0 Å². The predicted octanol–water partition coefficient (Wildman–Crippen LogP) is 2.16. The van der Waals surface area contributed by atoms with Crippen LogP contribution in [0.5, 0.6) is 0 Å². The normalized spacial score (nSPS) is 16.9. The van der Waals surface area contributed by atoms with Crippen LogP contribution in [0.15, 0.2) is 24.3 Å². The molecule has 17 heavy (non-hydrogen) atoms. The highest BCUT2D eigenvalue weighted by atomic mass is 35.5. The molecule has 92 valence electrons. The lowest BCUT2D eigenvalue weighted by Crippen LogP contribution is -2.43. The van der Waals surface area contributed by atoms with E-state index in [1.165, 1.54) is 0 Å². The van der Waals surface area contributed by atoms with E-state index in [0.717, 1.165) is 19.4 Å². The molecule has 0 heterocycles. The second-order valence-electron chi connectivity index (χ2n) is 4.98. The van der Waals surface area contributed by atoms with Crippen LogP contribution in [0, 0.1) is 0 Å². The smallest absolute Gasteiger partial charge is 0.251 e. The van der Waals surface area contributed by atoms with Crippen LogP contribution in [0.25, 0.3) is 0 Å². The molecule has 1 aromatic rings. The highest BCUT2D eigenvalue weighted by Crippen LogP contribution is 2.36. The molecule has 3 nitrogen and oxygen atoms in total. The van der Waals surface area contributed by atoms with Crippen LogP contribution in [0.2, 0.25) is 5.02 Å². The summed E-state index contributed by atoms with van der Waals surface area (Å²) in [5, 5.41) is 3.76. The van der Waals surface area contributed by atoms with Crippen molar-refractivity contribution >= 4 is 17.5 Å². The van der Waals surface area contributed by atoms with Crippen LogP contribution >= 0.6 is 11.6 Å². The molecule has 1 fully saturated rings. The zero-order chi connectivity index (χ0) is 12.5. The first-order valence-corrected chi connectivity index (χ1v) is 6.11. The summed E-state index contributed by atoms with van der Waals surface area (Å²) >= 11 is 5.79. The summed E-state index contributed by atoms with van der Waals surface area (Å²) in [6.45, 7) is 0.895. The molecule has 0 spiro atoms. The number of hydrogen-bond acceptors (Lipinski definition) is 2. The Morgan fingerprint density at radius 3 is 2.41 bits per heavy atom. The Bertz CT molecular complexity index is 410. The van der Waals surface area contributed by atoms with Crippen molar-refractivity contribution in [1.29, 1.82) is 0 Å². The minimum absolute atomic E-state index is 0.0129. The van der Waals surface area contributed by atoms with Gasteiger partial charge in [-0.05, 0) is 51.2 Å². The van der Waals surface area contributed by atoms with E-state index in [1.54, 1.807) is 24.3 Å². The van der Waals surface area contributed by atoms with E-state index in [2.05, 4.69) is 10.2 Å². The van der Waals surface area contributed by atoms with Crippen molar-refractivity contribution in [2.75, 3.05) is 20.6 Å². The van der Waals surface area contributed by atoms with Crippen molar-refractivity contribution in [2.45, 2.75) is 18.4 Å². The van der Waals surface area contributed by atoms with E-state index in [-0.39, 0.29) is 11.4 Å². The Hall–Kier alpha value is -1.06. The second-order valence-corrected chi connectivity index (χ2v) is 5.42. The number of carbonyl (C=O) groups excluding carboxylic acids is 1. The number of likely N-dealkylation sites (N-methyl/N-ethyl adjacent to an activating group) is 1. The molecule has 0 unspecified atom stereocenters. The van der Waals surface area contributed by atoms with Gasteiger partial charge in [-0.3, -0.25) is 4.79 Å². The lowest BCUT2D eigenvalue weighted by atomic mass is 10.2. The fourth-order valence-corrected chi connectivity index (χ4v) is 2.12. The average molecular weight is 253 g/mol. The summed E-state index contributed by atoms with van der Waals surface area (Å²) in [5.41, 5.74) is 0.652. The minimum Gasteiger partial charge on any atom is -0.345 e. The van der Waals surface area contributed by atoms with Crippen LogP contribution in [-0.4, -0.2) is 37.0 Å². The van der Waals surface area contributed by atoms with E-state index in [4.69, 9.17) is 11.6 Å². The van der Waals surface area contributed by atoms with Gasteiger partial charge in [0.05, 0.1) is 5.54 Å². The molecule has 1 N–H and O–H groups in total. The molecule has 1 aromatic carbocycles. The maximum Gasteiger partial charge on any atom is 0.251 e. The van der Waals surface area contributed by atoms with Crippen LogP contribution < -0.4 is 5.32 Å². The van der Waals surface area contributed by atoms with Crippen LogP contribution in [0.4, 0.5) is 0 Å². The third-order valence-corrected chi connectivity index (χ3v) is 3.21. The number of rotatable bonds is 4. The van der Waals surface area contributed by atoms with Gasteiger partial charge >= 0.3 is 0 Å². The summed E-state index contributed by atoms with van der Waals surface area (Å²) in [6.07, 6.45) is 2.12. The largest absolute Gasteiger partial charge is 0.345 e. The van der Waals surface area contributed by atoms with Crippen molar-refractivity contribution in [1.82, 2.24) is 10.2 Å². The number of nitrogens with zero attached hydrogens (tertiary/aromatic N) is 1. The first kappa shape index (κ1) is 12.4. The van der Waals surface area contributed by atoms with Crippen molar-refractivity contribution in [3.8, 4) is 0 Å². The van der Waals surface area contributed by atoms with Crippen molar-refractivity contribution < 1.29 is 4.79 Å². The number of amides is 1. The van der Waals surface area contributed by atoms with Crippen molar-refractivity contribution in [3.63, 3.8) is 0 Å². The zero-order valence-electron chi connectivity index (χ0n) is 10.2. The Morgan fingerprint density at radius 1 is 1.35 bits per heavy atom. The summed E-state index contributed by atoms with van der Waals surface area (Å²) < 4.78 is 0. The lowest BCUT2D eigenvalue weighted by molar-refractivity contribution is 0.0923. The Kier molecular flexibility index (Phi) is 3.40. The number of halogens is 1. The number of carbonyl (C=O) groups is 1. The van der Waals surface area contributed by atoms with Gasteiger partial charge in [-0.2, -0.15) is 0 Å². The molecule has 0 saturated heterocycles. The molecule has 2 rings (SSSR count). The Labute approximate surface area is 107 Å². The Morgan fingerprint density at radius 2 is 1.94 bits per heavy atom. The van der Waals surface area contributed by atoms with Crippen LogP contribution in [0.1, 0.15) is 23.2 Å². The van der Waals surface area contributed by atoms with E-state index in [9.17, 15) is 4.79 Å². The summed E-state index contributed by atoms with van der Waals surface area (Å²) in [4.78, 5) is 14.1. The first-order valence-electron chi connectivity index (χ1n) is 5.74. The van der Waals surface area contributed by atoms with Gasteiger partial charge in [0.1, 0.15) is 0 Å². The molecule has 0 atom stereocenters. The molecule has 0 aromatic heterocycles. The third kappa shape index (κ3) is 3.20. The fourth-order valence-electron chi connectivity index (χ4n) is 1.99. The lowest BCUT2D eigenvalue weighted by Gasteiger charge is -2.21. The van der Waals surface area contributed by atoms with Crippen LogP contribution in [0.3, 0.4) is 0 Å². The van der Waals surface area contributed by atoms with Crippen molar-refractivity contribution in [2.24, 2.45) is 0 Å². The SMILES string of the molecule is CN(C)CC1(NC(=O)c2ccc(Cl)cc2)CC1. The van der Waals surface area contributed by atoms with Gasteiger partial charge in [0.2, 0.25) is 0 Å². The average Bonchev–Trinajstić information content (AvgIpc) is 2.97. The Balaban J connectivity index is 2.00. The number of nitrogens with one attached hydrogen (secondary N) is 1. The number of benzene rings is 1. The molecular weight excluding hydrogens is 236 g/mol. The minimum atomic E-state index is -0.0137. The van der Waals surface area contributed by atoms with E-state index in [0.29, 0.717) is 10.6 Å². The van der Waals surface area contributed by atoms with E-state index in [1.807, 2.05) is 14.1 Å². The highest BCUT2D eigenvalue weighted by molar-refractivity contribution is 6.30. The van der Waals surface area contributed by atoms with Gasteiger partial charge in [-0.25, -0.2) is 0 Å². The van der Waals surface area contributed by atoms with Gasteiger partial charge in [-0.15, -0.1) is 0 Å². The molecule has 0 radical (unpaired) electrons. The zero-order valence-corrected chi connectivity index (χ0v) is 10.9. The monoisotopic (exact) mass is 252 g/mol. The molecule has 1 saturated carbocycles. The molecule has 1 aliphatic rings. The van der Waals surface area contributed by atoms with Gasteiger partial charge in [0.15, 0.2) is 0 Å². The second kappa shape index (κ2) is 4.67. The third-order valence-electron chi connectivity index (χ3n) is 2.96. The first-order chi connectivity index (χ1) is 8.01.